The number of rotatable bonds is 4. The van der Waals surface area contributed by atoms with Crippen LogP contribution in [0.2, 0.25) is 0 Å². The Morgan fingerprint density at radius 3 is 2.13 bits per heavy atom. The van der Waals surface area contributed by atoms with Crippen LogP contribution in [0.4, 0.5) is 4.79 Å². The van der Waals surface area contributed by atoms with Gasteiger partial charge in [0, 0.05) is 13.1 Å². The van der Waals surface area contributed by atoms with E-state index in [1.807, 2.05) is 0 Å². The molecule has 15 heavy (non-hydrogen) atoms. The molecule has 1 N–H and O–H groups in total. The van der Waals surface area contributed by atoms with Crippen LogP contribution in [-0.2, 0) is 14.3 Å². The van der Waals surface area contributed by atoms with Gasteiger partial charge in [-0.15, -0.1) is 0 Å². The quantitative estimate of drug-likeness (QED) is 0.535. The Bertz CT molecular complexity index is 248. The van der Waals surface area contributed by atoms with Gasteiger partial charge in [0.25, 0.3) is 0 Å². The fraction of sp³-hybridized carbons (Fsp3) is 0.667. The zero-order chi connectivity index (χ0) is 11.8. The standard InChI is InChI=1S/C9H16N2O4/c1-4-11(5-2)9(14)10-7(12)6-8(13)15-3/h4-6H2,1-3H3,(H,10,12,14). The molecule has 6 nitrogen and oxygen atoms in total. The van der Waals surface area contributed by atoms with Crippen molar-refractivity contribution < 1.29 is 19.1 Å². The summed E-state index contributed by atoms with van der Waals surface area (Å²) in [6.07, 6.45) is -0.441. The highest BCUT2D eigenvalue weighted by molar-refractivity contribution is 6.02. The van der Waals surface area contributed by atoms with E-state index >= 15 is 0 Å². The second kappa shape index (κ2) is 6.80. The van der Waals surface area contributed by atoms with Gasteiger partial charge in [0.1, 0.15) is 6.42 Å². The first-order valence-electron chi connectivity index (χ1n) is 4.70. The van der Waals surface area contributed by atoms with Crippen LogP contribution in [0.3, 0.4) is 0 Å². The Balaban J connectivity index is 4.06. The molecule has 0 atom stereocenters. The molecule has 0 rings (SSSR count). The van der Waals surface area contributed by atoms with Crippen molar-refractivity contribution in [3.8, 4) is 0 Å². The molecule has 0 aliphatic carbocycles. The summed E-state index contributed by atoms with van der Waals surface area (Å²) in [4.78, 5) is 34.6. The summed E-state index contributed by atoms with van der Waals surface area (Å²) >= 11 is 0. The van der Waals surface area contributed by atoms with Gasteiger partial charge in [-0.05, 0) is 13.8 Å². The van der Waals surface area contributed by atoms with Gasteiger partial charge < -0.3 is 9.64 Å². The molecule has 0 bridgehead atoms. The third kappa shape index (κ3) is 4.99. The lowest BCUT2D eigenvalue weighted by atomic mass is 10.4. The van der Waals surface area contributed by atoms with E-state index in [0.717, 1.165) is 0 Å². The molecule has 0 aromatic carbocycles. The van der Waals surface area contributed by atoms with Crippen LogP contribution in [0.25, 0.3) is 0 Å². The first-order chi connectivity index (χ1) is 7.04. The van der Waals surface area contributed by atoms with E-state index in [0.29, 0.717) is 13.1 Å². The van der Waals surface area contributed by atoms with Crippen LogP contribution >= 0.6 is 0 Å². The van der Waals surface area contributed by atoms with Crippen LogP contribution in [0.5, 0.6) is 0 Å². The molecule has 86 valence electrons. The second-order valence-electron chi connectivity index (χ2n) is 2.78. The number of carbonyl (C=O) groups is 3. The van der Waals surface area contributed by atoms with E-state index in [1.54, 1.807) is 13.8 Å². The molecule has 0 aliphatic heterocycles. The molecule has 0 aromatic rings. The molecular formula is C9H16N2O4. The number of hydrogen-bond donors (Lipinski definition) is 1. The summed E-state index contributed by atoms with van der Waals surface area (Å²) in [5, 5.41) is 2.09. The molecule has 0 saturated carbocycles. The van der Waals surface area contributed by atoms with Gasteiger partial charge in [0.15, 0.2) is 0 Å². The van der Waals surface area contributed by atoms with Crippen LogP contribution in [0.1, 0.15) is 20.3 Å². The molecular weight excluding hydrogens is 200 g/mol. The van der Waals surface area contributed by atoms with Crippen molar-refractivity contribution in [1.29, 1.82) is 0 Å². The van der Waals surface area contributed by atoms with Crippen molar-refractivity contribution in [3.63, 3.8) is 0 Å². The number of esters is 1. The van der Waals surface area contributed by atoms with Crippen molar-refractivity contribution in [2.45, 2.75) is 20.3 Å². The first kappa shape index (κ1) is 13.4. The Kier molecular flexibility index (Phi) is 6.08. The lowest BCUT2D eigenvalue weighted by Crippen LogP contribution is -2.43. The number of nitrogens with one attached hydrogen (secondary N) is 1. The smallest absolute Gasteiger partial charge is 0.324 e. The van der Waals surface area contributed by atoms with Crippen LogP contribution in [0, 0.1) is 0 Å². The molecule has 6 heteroatoms. The second-order valence-corrected chi connectivity index (χ2v) is 2.78. The maximum absolute atomic E-state index is 11.3. The molecule has 0 unspecified atom stereocenters. The number of carbonyl (C=O) groups excluding carboxylic acids is 3. The Hall–Kier alpha value is -1.59. The van der Waals surface area contributed by atoms with Gasteiger partial charge in [-0.25, -0.2) is 4.79 Å². The molecule has 3 amide bonds. The van der Waals surface area contributed by atoms with E-state index < -0.39 is 24.3 Å². The normalized spacial score (nSPS) is 9.27. The van der Waals surface area contributed by atoms with E-state index in [-0.39, 0.29) is 0 Å². The lowest BCUT2D eigenvalue weighted by Gasteiger charge is -2.18. The average molecular weight is 216 g/mol. The molecule has 0 radical (unpaired) electrons. The molecule has 0 heterocycles. The minimum Gasteiger partial charge on any atom is -0.469 e. The summed E-state index contributed by atoms with van der Waals surface area (Å²) in [6, 6.07) is -0.492. The van der Waals surface area contributed by atoms with E-state index in [9.17, 15) is 14.4 Å². The fourth-order valence-corrected chi connectivity index (χ4v) is 0.957. The summed E-state index contributed by atoms with van der Waals surface area (Å²) in [5.41, 5.74) is 0. The van der Waals surface area contributed by atoms with Crippen LogP contribution in [0.15, 0.2) is 0 Å². The van der Waals surface area contributed by atoms with Gasteiger partial charge in [-0.1, -0.05) is 0 Å². The number of imide groups is 1. The summed E-state index contributed by atoms with van der Waals surface area (Å²) in [7, 11) is 1.18. The summed E-state index contributed by atoms with van der Waals surface area (Å²) < 4.78 is 4.29. The zero-order valence-electron chi connectivity index (χ0n) is 9.20. The number of ether oxygens (including phenoxy) is 1. The van der Waals surface area contributed by atoms with E-state index in [1.165, 1.54) is 12.0 Å². The maximum atomic E-state index is 11.3. The summed E-state index contributed by atoms with van der Waals surface area (Å²) in [5.74, 6) is -1.32. The Morgan fingerprint density at radius 1 is 1.20 bits per heavy atom. The molecule has 0 saturated heterocycles. The van der Waals surface area contributed by atoms with Crippen molar-refractivity contribution in [1.82, 2.24) is 10.2 Å². The van der Waals surface area contributed by atoms with Gasteiger partial charge in [0.05, 0.1) is 7.11 Å². The molecule has 0 aromatic heterocycles. The van der Waals surface area contributed by atoms with Crippen LogP contribution < -0.4 is 5.32 Å². The third-order valence-electron chi connectivity index (χ3n) is 1.83. The number of methoxy groups -OCH3 is 1. The number of amides is 3. The lowest BCUT2D eigenvalue weighted by molar-refractivity contribution is -0.143. The van der Waals surface area contributed by atoms with Gasteiger partial charge in [0.2, 0.25) is 5.91 Å². The monoisotopic (exact) mass is 216 g/mol. The number of hydrogen-bond acceptors (Lipinski definition) is 4. The van der Waals surface area contributed by atoms with Gasteiger partial charge in [-0.2, -0.15) is 0 Å². The highest BCUT2D eigenvalue weighted by atomic mass is 16.5. The largest absolute Gasteiger partial charge is 0.469 e. The van der Waals surface area contributed by atoms with Crippen molar-refractivity contribution in [2.75, 3.05) is 20.2 Å². The predicted molar refractivity (Wildman–Crippen MR) is 53.1 cm³/mol. The highest BCUT2D eigenvalue weighted by Crippen LogP contribution is 1.90. The highest BCUT2D eigenvalue weighted by Gasteiger charge is 2.15. The molecule has 0 aliphatic rings. The number of urea groups is 1. The third-order valence-corrected chi connectivity index (χ3v) is 1.83. The fourth-order valence-electron chi connectivity index (χ4n) is 0.957. The molecule has 0 spiro atoms. The topological polar surface area (TPSA) is 75.7 Å². The first-order valence-corrected chi connectivity index (χ1v) is 4.70. The van der Waals surface area contributed by atoms with Crippen molar-refractivity contribution >= 4 is 17.9 Å². The van der Waals surface area contributed by atoms with Crippen molar-refractivity contribution in [3.05, 3.63) is 0 Å². The molecule has 0 fully saturated rings. The number of nitrogens with zero attached hydrogens (tertiary/aromatic N) is 1. The van der Waals surface area contributed by atoms with E-state index in [4.69, 9.17) is 0 Å². The van der Waals surface area contributed by atoms with Crippen LogP contribution in [-0.4, -0.2) is 43.0 Å². The van der Waals surface area contributed by atoms with Crippen molar-refractivity contribution in [2.24, 2.45) is 0 Å². The summed E-state index contributed by atoms with van der Waals surface area (Å²) in [6.45, 7) is 4.61. The zero-order valence-corrected chi connectivity index (χ0v) is 9.20. The average Bonchev–Trinajstić information content (AvgIpc) is 2.19. The maximum Gasteiger partial charge on any atom is 0.324 e. The van der Waals surface area contributed by atoms with Gasteiger partial charge in [-0.3, -0.25) is 14.9 Å². The minimum absolute atomic E-state index is 0.441. The van der Waals surface area contributed by atoms with Gasteiger partial charge >= 0.3 is 12.0 Å². The SMILES string of the molecule is CCN(CC)C(=O)NC(=O)CC(=O)OC. The van der Waals surface area contributed by atoms with E-state index in [2.05, 4.69) is 10.1 Å². The Labute approximate surface area is 88.6 Å². The Morgan fingerprint density at radius 2 is 1.73 bits per heavy atom. The minimum atomic E-state index is -0.667. The predicted octanol–water partition coefficient (Wildman–Crippen LogP) is 0.128.